The van der Waals surface area contributed by atoms with Crippen molar-refractivity contribution < 1.29 is 38.6 Å². The molecule has 2 saturated heterocycles. The predicted molar refractivity (Wildman–Crippen MR) is 156 cm³/mol. The van der Waals surface area contributed by atoms with E-state index in [9.17, 15) is 10.2 Å². The molecule has 0 saturated carbocycles. The van der Waals surface area contributed by atoms with E-state index in [-0.39, 0.29) is 61.5 Å². The highest BCUT2D eigenvalue weighted by atomic mass is 16.6. The van der Waals surface area contributed by atoms with Crippen molar-refractivity contribution in [2.24, 2.45) is 0 Å². The Kier molecular flexibility index (Phi) is 8.57. The van der Waals surface area contributed by atoms with Gasteiger partial charge in [-0.15, -0.1) is 0 Å². The number of aliphatic hydroxyl groups is 2. The molecule has 42 heavy (non-hydrogen) atoms. The number of rotatable bonds is 5. The maximum Gasteiger partial charge on any atom is 0.115 e. The lowest BCUT2D eigenvalue weighted by molar-refractivity contribution is -0.295. The molecule has 0 aliphatic carbocycles. The smallest absolute Gasteiger partial charge is 0.115 e. The minimum Gasteiger partial charge on any atom is -0.396 e. The molecule has 0 spiro atoms. The van der Waals surface area contributed by atoms with Gasteiger partial charge in [-0.2, -0.15) is 0 Å². The van der Waals surface area contributed by atoms with Crippen molar-refractivity contribution in [3.8, 4) is 0 Å². The molecule has 0 bridgehead atoms. The van der Waals surface area contributed by atoms with E-state index >= 15 is 0 Å². The molecule has 11 atom stereocenters. The Morgan fingerprint density at radius 2 is 1.57 bits per heavy atom. The molecule has 7 rings (SSSR count). The van der Waals surface area contributed by atoms with E-state index in [4.69, 9.17) is 28.4 Å². The topological polar surface area (TPSA) is 95.8 Å². The van der Waals surface area contributed by atoms with E-state index in [0.29, 0.717) is 32.5 Å². The molecule has 5 heterocycles. The molecule has 0 amide bonds. The number of hydrogen-bond donors (Lipinski definition) is 2. The molecular weight excluding hydrogens is 536 g/mol. The van der Waals surface area contributed by atoms with Gasteiger partial charge in [0.1, 0.15) is 30.5 Å². The first-order valence-electron chi connectivity index (χ1n) is 15.3. The van der Waals surface area contributed by atoms with Gasteiger partial charge in [0.05, 0.1) is 49.8 Å². The first kappa shape index (κ1) is 28.4. The van der Waals surface area contributed by atoms with Gasteiger partial charge in [-0.1, -0.05) is 72.9 Å². The van der Waals surface area contributed by atoms with Crippen LogP contribution >= 0.6 is 0 Å². The first-order valence-corrected chi connectivity index (χ1v) is 15.3. The second-order valence-corrected chi connectivity index (χ2v) is 11.9. The Morgan fingerprint density at radius 1 is 0.762 bits per heavy atom. The second-order valence-electron chi connectivity index (χ2n) is 11.9. The highest BCUT2D eigenvalue weighted by Crippen LogP contribution is 2.40. The molecule has 0 radical (unpaired) electrons. The van der Waals surface area contributed by atoms with Crippen LogP contribution in [0.4, 0.5) is 0 Å². The largest absolute Gasteiger partial charge is 0.396 e. The molecule has 5 aliphatic heterocycles. The van der Waals surface area contributed by atoms with Gasteiger partial charge in [-0.05, 0) is 41.7 Å². The second kappa shape index (κ2) is 12.7. The minimum atomic E-state index is -0.772. The molecule has 2 aromatic carbocycles. The maximum absolute atomic E-state index is 10.5. The summed E-state index contributed by atoms with van der Waals surface area (Å²) in [6.45, 7) is 0.899. The summed E-state index contributed by atoms with van der Waals surface area (Å²) in [4.78, 5) is 0. The average Bonchev–Trinajstić information content (AvgIpc) is 3.33. The van der Waals surface area contributed by atoms with Crippen LogP contribution in [-0.4, -0.2) is 90.6 Å². The van der Waals surface area contributed by atoms with Gasteiger partial charge in [0, 0.05) is 13.0 Å². The van der Waals surface area contributed by atoms with Gasteiger partial charge in [-0.3, -0.25) is 0 Å². The molecule has 0 unspecified atom stereocenters. The number of hydrogen-bond acceptors (Lipinski definition) is 8. The fraction of sp³-hybridized carbons (Fsp3) is 0.529. The lowest BCUT2D eigenvalue weighted by Crippen LogP contribution is -2.64. The quantitative estimate of drug-likeness (QED) is 0.520. The Labute approximate surface area is 246 Å². The van der Waals surface area contributed by atoms with Crippen molar-refractivity contribution in [3.63, 3.8) is 0 Å². The van der Waals surface area contributed by atoms with Gasteiger partial charge in [0.15, 0.2) is 0 Å². The van der Waals surface area contributed by atoms with Crippen LogP contribution < -0.4 is 0 Å². The van der Waals surface area contributed by atoms with Crippen LogP contribution in [0.3, 0.4) is 0 Å². The summed E-state index contributed by atoms with van der Waals surface area (Å²) >= 11 is 0. The number of aliphatic hydroxyl groups excluding tert-OH is 2. The Hall–Kier alpha value is -2.40. The lowest BCUT2D eigenvalue weighted by Gasteiger charge is -2.50. The van der Waals surface area contributed by atoms with E-state index in [1.165, 1.54) is 10.8 Å². The molecule has 2 aromatic rings. The highest BCUT2D eigenvalue weighted by Gasteiger charge is 2.53. The van der Waals surface area contributed by atoms with Gasteiger partial charge in [0.25, 0.3) is 0 Å². The van der Waals surface area contributed by atoms with Crippen LogP contribution in [0, 0.1) is 0 Å². The van der Waals surface area contributed by atoms with Crippen molar-refractivity contribution >= 4 is 10.8 Å². The molecule has 224 valence electrons. The SMILES string of the molecule is OCC[C@H]1O[C@H]2C=C[C@H]3O[C@H]4[C@H](OCc5ccc6ccccc6c5)[C@H]5OCC=CC[C@@H]5O[C@@H]4C[C@@H]3O[C@@H]2C/C=C\[C@@H]1O. The summed E-state index contributed by atoms with van der Waals surface area (Å²) < 4.78 is 39.4. The maximum atomic E-state index is 10.5. The van der Waals surface area contributed by atoms with Gasteiger partial charge in [-0.25, -0.2) is 0 Å². The van der Waals surface area contributed by atoms with E-state index in [2.05, 4.69) is 48.5 Å². The highest BCUT2D eigenvalue weighted by molar-refractivity contribution is 5.82. The van der Waals surface area contributed by atoms with Crippen LogP contribution in [0.25, 0.3) is 10.8 Å². The zero-order valence-corrected chi connectivity index (χ0v) is 23.7. The van der Waals surface area contributed by atoms with Crippen molar-refractivity contribution in [2.45, 2.75) is 99.4 Å². The predicted octanol–water partition coefficient (Wildman–Crippen LogP) is 3.78. The van der Waals surface area contributed by atoms with Gasteiger partial charge in [0.2, 0.25) is 0 Å². The zero-order valence-electron chi connectivity index (χ0n) is 23.7. The summed E-state index contributed by atoms with van der Waals surface area (Å²) in [5.41, 5.74) is 1.10. The third-order valence-corrected chi connectivity index (χ3v) is 9.09. The van der Waals surface area contributed by atoms with Gasteiger partial charge >= 0.3 is 0 Å². The number of fused-ring (bicyclic) bond motifs is 5. The van der Waals surface area contributed by atoms with Crippen LogP contribution in [0.1, 0.15) is 31.2 Å². The summed E-state index contributed by atoms with van der Waals surface area (Å²) in [5.74, 6) is 0. The first-order chi connectivity index (χ1) is 20.7. The van der Waals surface area contributed by atoms with Crippen LogP contribution in [0.5, 0.6) is 0 Å². The third kappa shape index (κ3) is 5.87. The van der Waals surface area contributed by atoms with Crippen LogP contribution in [0.15, 0.2) is 78.9 Å². The summed E-state index contributed by atoms with van der Waals surface area (Å²) in [5, 5.41) is 22.4. The van der Waals surface area contributed by atoms with Crippen molar-refractivity contribution in [1.82, 2.24) is 0 Å². The van der Waals surface area contributed by atoms with Crippen LogP contribution in [0.2, 0.25) is 0 Å². The van der Waals surface area contributed by atoms with Crippen molar-refractivity contribution in [3.05, 3.63) is 84.5 Å². The van der Waals surface area contributed by atoms with Gasteiger partial charge < -0.3 is 38.6 Å². The Morgan fingerprint density at radius 3 is 2.45 bits per heavy atom. The van der Waals surface area contributed by atoms with Crippen molar-refractivity contribution in [1.29, 1.82) is 0 Å². The normalized spacial score (nSPS) is 40.4. The Bertz CT molecular complexity index is 1310. The van der Waals surface area contributed by atoms with Crippen LogP contribution in [-0.2, 0) is 35.0 Å². The molecule has 8 heteroatoms. The van der Waals surface area contributed by atoms with E-state index in [0.717, 1.165) is 12.0 Å². The molecular formula is C34H40O8. The average molecular weight is 577 g/mol. The summed E-state index contributed by atoms with van der Waals surface area (Å²) in [6.07, 6.45) is 10.6. The number of ether oxygens (including phenoxy) is 6. The molecule has 5 aliphatic rings. The Balaban J connectivity index is 1.12. The monoisotopic (exact) mass is 576 g/mol. The molecule has 8 nitrogen and oxygen atoms in total. The number of benzene rings is 2. The fourth-order valence-electron chi connectivity index (χ4n) is 6.94. The molecule has 2 fully saturated rings. The molecule has 2 N–H and O–H groups in total. The fourth-order valence-corrected chi connectivity index (χ4v) is 6.94. The van der Waals surface area contributed by atoms with E-state index in [1.54, 1.807) is 6.08 Å². The van der Waals surface area contributed by atoms with Crippen molar-refractivity contribution in [2.75, 3.05) is 13.2 Å². The standard InChI is InChI=1S/C34H40O8/c35-16-15-25-24(36)8-5-10-26-27(39-25)13-14-28-30(40-26)19-31-33(42-28)34(32-29(41-31)9-3-4-17-37-32)38-20-21-11-12-22-6-1-2-7-23(22)18-21/h1-8,11-14,18,24-36H,9-10,15-17,19-20H2/b8-5-/t24-,25+,26+,27-,28+,29-,30-,31+,32-,33+,34+/m0/s1. The minimum absolute atomic E-state index is 0.0627. The summed E-state index contributed by atoms with van der Waals surface area (Å²) in [7, 11) is 0. The zero-order chi connectivity index (χ0) is 28.5. The third-order valence-electron chi connectivity index (χ3n) is 9.09. The summed E-state index contributed by atoms with van der Waals surface area (Å²) in [6, 6.07) is 14.8. The lowest BCUT2D eigenvalue weighted by atomic mass is 9.87. The van der Waals surface area contributed by atoms with E-state index < -0.39 is 12.2 Å². The molecule has 0 aromatic heterocycles. The van der Waals surface area contributed by atoms with E-state index in [1.807, 2.05) is 24.3 Å².